The predicted molar refractivity (Wildman–Crippen MR) is 102 cm³/mol. The van der Waals surface area contributed by atoms with Crippen molar-refractivity contribution in [3.63, 3.8) is 0 Å². The van der Waals surface area contributed by atoms with Crippen LogP contribution in [0.1, 0.15) is 31.1 Å². The summed E-state index contributed by atoms with van der Waals surface area (Å²) in [6.07, 6.45) is 0. The van der Waals surface area contributed by atoms with Crippen molar-refractivity contribution in [1.29, 1.82) is 0 Å². The Labute approximate surface area is 163 Å². The first kappa shape index (κ1) is 19.2. The standard InChI is InChI=1S/C21H14O6S/c22-19(23)13-7-1-4-10-16(13)28(17-11-5-2-8-14(17)20(24)25)18-12-6-3-9-15(18)21(26)27/h1-12H,(H2-,22,23,24,25,26,27)/p+1. The van der Waals surface area contributed by atoms with Crippen LogP contribution in [0.15, 0.2) is 87.5 Å². The van der Waals surface area contributed by atoms with Crippen LogP contribution < -0.4 is 0 Å². The molecular formula is C21H15O6S+. The van der Waals surface area contributed by atoms with Crippen LogP contribution in [0.3, 0.4) is 0 Å². The third-order valence-corrected chi connectivity index (χ3v) is 6.40. The van der Waals surface area contributed by atoms with Gasteiger partial charge in [-0.2, -0.15) is 0 Å². The molecule has 0 saturated carbocycles. The second kappa shape index (κ2) is 7.98. The molecular weight excluding hydrogens is 380 g/mol. The Balaban J connectivity index is 2.40. The number of carboxylic acid groups (broad SMARTS) is 3. The lowest BCUT2D eigenvalue weighted by atomic mass is 10.2. The van der Waals surface area contributed by atoms with Crippen LogP contribution >= 0.6 is 0 Å². The molecule has 0 unspecified atom stereocenters. The number of aromatic carboxylic acids is 3. The highest BCUT2D eigenvalue weighted by atomic mass is 32.2. The molecule has 3 aromatic rings. The second-order valence-electron chi connectivity index (χ2n) is 5.71. The van der Waals surface area contributed by atoms with Crippen LogP contribution in [0.5, 0.6) is 0 Å². The molecule has 0 atom stereocenters. The Morgan fingerprint density at radius 2 is 0.750 bits per heavy atom. The maximum atomic E-state index is 11.8. The first-order chi connectivity index (χ1) is 13.4. The molecule has 0 fully saturated rings. The molecule has 0 aliphatic rings. The second-order valence-corrected chi connectivity index (χ2v) is 7.64. The molecule has 140 valence electrons. The fraction of sp³-hybridized carbons (Fsp3) is 0. The first-order valence-electron chi connectivity index (χ1n) is 8.13. The van der Waals surface area contributed by atoms with Crippen LogP contribution in [0.25, 0.3) is 0 Å². The van der Waals surface area contributed by atoms with Gasteiger partial charge in [0.05, 0.1) is 0 Å². The normalized spacial score (nSPS) is 10.6. The zero-order valence-corrected chi connectivity index (χ0v) is 15.2. The number of hydrogen-bond donors (Lipinski definition) is 3. The van der Waals surface area contributed by atoms with E-state index in [-0.39, 0.29) is 16.7 Å². The van der Waals surface area contributed by atoms with Crippen molar-refractivity contribution in [3.05, 3.63) is 89.5 Å². The summed E-state index contributed by atoms with van der Waals surface area (Å²) in [5.41, 5.74) is -0.0244. The summed E-state index contributed by atoms with van der Waals surface area (Å²) < 4.78 is 0. The summed E-state index contributed by atoms with van der Waals surface area (Å²) in [6, 6.07) is 18.7. The number of carbonyl (C=O) groups is 3. The Bertz CT molecular complexity index is 939. The van der Waals surface area contributed by atoms with Crippen LogP contribution in [-0.2, 0) is 10.9 Å². The van der Waals surface area contributed by atoms with Gasteiger partial charge < -0.3 is 15.3 Å². The molecule has 0 heterocycles. The number of rotatable bonds is 6. The molecule has 3 N–H and O–H groups in total. The van der Waals surface area contributed by atoms with E-state index in [9.17, 15) is 29.7 Å². The summed E-state index contributed by atoms with van der Waals surface area (Å²) in [7, 11) is -1.25. The van der Waals surface area contributed by atoms with E-state index in [0.29, 0.717) is 14.7 Å². The first-order valence-corrected chi connectivity index (χ1v) is 9.35. The van der Waals surface area contributed by atoms with Gasteiger partial charge in [-0.15, -0.1) is 0 Å². The quantitative estimate of drug-likeness (QED) is 0.546. The van der Waals surface area contributed by atoms with Gasteiger partial charge in [0.1, 0.15) is 27.6 Å². The Morgan fingerprint density at radius 1 is 0.500 bits per heavy atom. The Kier molecular flexibility index (Phi) is 5.47. The summed E-state index contributed by atoms with van der Waals surface area (Å²) in [4.78, 5) is 36.4. The smallest absolute Gasteiger partial charge is 0.340 e. The Morgan fingerprint density at radius 3 is 1.00 bits per heavy atom. The molecule has 0 bridgehead atoms. The van der Waals surface area contributed by atoms with Crippen molar-refractivity contribution in [2.45, 2.75) is 14.7 Å². The molecule has 0 aromatic heterocycles. The topological polar surface area (TPSA) is 112 Å². The van der Waals surface area contributed by atoms with Crippen LogP contribution in [0.2, 0.25) is 0 Å². The van der Waals surface area contributed by atoms with Crippen molar-refractivity contribution in [1.82, 2.24) is 0 Å². The van der Waals surface area contributed by atoms with E-state index in [1.807, 2.05) is 0 Å². The molecule has 0 aliphatic heterocycles. The molecule has 28 heavy (non-hydrogen) atoms. The molecule has 0 radical (unpaired) electrons. The van der Waals surface area contributed by atoms with Crippen molar-refractivity contribution in [2.75, 3.05) is 0 Å². The van der Waals surface area contributed by atoms with Gasteiger partial charge in [-0.3, -0.25) is 0 Å². The zero-order valence-electron chi connectivity index (χ0n) is 14.4. The SMILES string of the molecule is O=C(O)c1ccccc1[S+](c1ccccc1C(=O)O)c1ccccc1C(=O)O. The van der Waals surface area contributed by atoms with Crippen LogP contribution in [-0.4, -0.2) is 33.2 Å². The van der Waals surface area contributed by atoms with Gasteiger partial charge in [0.25, 0.3) is 0 Å². The lowest BCUT2D eigenvalue weighted by molar-refractivity contribution is 0.0683. The number of benzene rings is 3. The van der Waals surface area contributed by atoms with Gasteiger partial charge in [0.15, 0.2) is 14.7 Å². The molecule has 0 spiro atoms. The van der Waals surface area contributed by atoms with E-state index in [1.165, 1.54) is 18.2 Å². The highest BCUT2D eigenvalue weighted by Gasteiger charge is 2.39. The molecule has 0 aliphatic carbocycles. The molecule has 0 amide bonds. The monoisotopic (exact) mass is 395 g/mol. The largest absolute Gasteiger partial charge is 0.478 e. The minimum Gasteiger partial charge on any atom is -0.478 e. The lowest BCUT2D eigenvalue weighted by Crippen LogP contribution is -2.17. The van der Waals surface area contributed by atoms with Gasteiger partial charge in [-0.05, 0) is 36.4 Å². The average Bonchev–Trinajstić information content (AvgIpc) is 2.69. The van der Waals surface area contributed by atoms with Gasteiger partial charge in [-0.25, -0.2) is 14.4 Å². The predicted octanol–water partition coefficient (Wildman–Crippen LogP) is 3.88. The van der Waals surface area contributed by atoms with E-state index in [1.54, 1.807) is 54.6 Å². The van der Waals surface area contributed by atoms with Crippen molar-refractivity contribution >= 4 is 28.8 Å². The fourth-order valence-corrected chi connectivity index (χ4v) is 5.30. The summed E-state index contributed by atoms with van der Waals surface area (Å²) in [6.45, 7) is 0. The van der Waals surface area contributed by atoms with Gasteiger partial charge in [-0.1, -0.05) is 36.4 Å². The van der Waals surface area contributed by atoms with Gasteiger partial charge >= 0.3 is 17.9 Å². The van der Waals surface area contributed by atoms with E-state index in [2.05, 4.69) is 0 Å². The Hall–Kier alpha value is -3.58. The maximum absolute atomic E-state index is 11.8. The number of carboxylic acids is 3. The summed E-state index contributed by atoms with van der Waals surface area (Å²) >= 11 is 0. The zero-order chi connectivity index (χ0) is 20.3. The van der Waals surface area contributed by atoms with Crippen molar-refractivity contribution in [2.24, 2.45) is 0 Å². The van der Waals surface area contributed by atoms with E-state index in [0.717, 1.165) is 0 Å². The summed E-state index contributed by atoms with van der Waals surface area (Å²) in [5, 5.41) is 28.9. The molecule has 3 aromatic carbocycles. The lowest BCUT2D eigenvalue weighted by Gasteiger charge is -2.13. The van der Waals surface area contributed by atoms with E-state index < -0.39 is 28.8 Å². The minimum absolute atomic E-state index is 0.00813. The molecule has 0 saturated heterocycles. The molecule has 6 nitrogen and oxygen atoms in total. The summed E-state index contributed by atoms with van der Waals surface area (Å²) in [5.74, 6) is -3.52. The average molecular weight is 395 g/mol. The van der Waals surface area contributed by atoms with Crippen molar-refractivity contribution in [3.8, 4) is 0 Å². The highest BCUT2D eigenvalue weighted by Crippen LogP contribution is 2.37. The van der Waals surface area contributed by atoms with E-state index >= 15 is 0 Å². The van der Waals surface area contributed by atoms with E-state index in [4.69, 9.17) is 0 Å². The van der Waals surface area contributed by atoms with Crippen LogP contribution in [0.4, 0.5) is 0 Å². The van der Waals surface area contributed by atoms with Crippen molar-refractivity contribution < 1.29 is 29.7 Å². The third-order valence-electron chi connectivity index (χ3n) is 4.01. The van der Waals surface area contributed by atoms with Gasteiger partial charge in [0, 0.05) is 0 Å². The van der Waals surface area contributed by atoms with Crippen LogP contribution in [0, 0.1) is 0 Å². The maximum Gasteiger partial charge on any atom is 0.340 e. The number of hydrogen-bond acceptors (Lipinski definition) is 3. The highest BCUT2D eigenvalue weighted by molar-refractivity contribution is 7.97. The molecule has 3 rings (SSSR count). The molecule has 7 heteroatoms. The minimum atomic E-state index is -1.25. The van der Waals surface area contributed by atoms with Gasteiger partial charge in [0.2, 0.25) is 0 Å². The fourth-order valence-electron chi connectivity index (χ4n) is 2.82. The third kappa shape index (κ3) is 3.60.